The van der Waals surface area contributed by atoms with Crippen LogP contribution in [0.5, 0.6) is 0 Å². The van der Waals surface area contributed by atoms with E-state index in [1.807, 2.05) is 37.4 Å². The zero-order chi connectivity index (χ0) is 13.8. The summed E-state index contributed by atoms with van der Waals surface area (Å²) in [6, 6.07) is 12.9. The first-order chi connectivity index (χ1) is 9.11. The van der Waals surface area contributed by atoms with Gasteiger partial charge in [-0.3, -0.25) is 0 Å². The molecule has 0 saturated heterocycles. The molecule has 0 aliphatic carbocycles. The summed E-state index contributed by atoms with van der Waals surface area (Å²) in [5.74, 6) is -0.219. The van der Waals surface area contributed by atoms with E-state index in [4.69, 9.17) is 11.6 Å². The van der Waals surface area contributed by atoms with Crippen molar-refractivity contribution in [2.24, 2.45) is 0 Å². The van der Waals surface area contributed by atoms with Crippen LogP contribution in [-0.2, 0) is 6.42 Å². The molecule has 0 fully saturated rings. The van der Waals surface area contributed by atoms with Crippen LogP contribution in [0.2, 0.25) is 5.02 Å². The summed E-state index contributed by atoms with van der Waals surface area (Å²) in [6.07, 6.45) is 0.685. The Morgan fingerprint density at radius 1 is 1.26 bits per heavy atom. The van der Waals surface area contributed by atoms with Crippen LogP contribution in [0.3, 0.4) is 0 Å². The van der Waals surface area contributed by atoms with Crippen molar-refractivity contribution in [3.63, 3.8) is 0 Å². The van der Waals surface area contributed by atoms with E-state index in [0.29, 0.717) is 21.5 Å². The van der Waals surface area contributed by atoms with Crippen molar-refractivity contribution in [2.45, 2.75) is 12.5 Å². The highest BCUT2D eigenvalue weighted by Crippen LogP contribution is 2.26. The Hall–Kier alpha value is -0.900. The van der Waals surface area contributed by atoms with Gasteiger partial charge in [-0.1, -0.05) is 35.9 Å². The molecule has 19 heavy (non-hydrogen) atoms. The van der Waals surface area contributed by atoms with Gasteiger partial charge in [0, 0.05) is 16.6 Å². The Morgan fingerprint density at radius 2 is 2.00 bits per heavy atom. The van der Waals surface area contributed by atoms with Gasteiger partial charge in [-0.2, -0.15) is 0 Å². The van der Waals surface area contributed by atoms with Crippen molar-refractivity contribution in [1.29, 1.82) is 0 Å². The molecule has 0 aliphatic rings. The fourth-order valence-electron chi connectivity index (χ4n) is 2.06. The maximum Gasteiger partial charge on any atom is 0.142 e. The second kappa shape index (κ2) is 6.51. The van der Waals surface area contributed by atoms with Crippen molar-refractivity contribution in [3.05, 3.63) is 68.9 Å². The highest BCUT2D eigenvalue weighted by molar-refractivity contribution is 9.10. The Labute approximate surface area is 125 Å². The lowest BCUT2D eigenvalue weighted by molar-refractivity contribution is 0.531. The second-order valence-corrected chi connectivity index (χ2v) is 5.61. The first kappa shape index (κ1) is 14.5. The van der Waals surface area contributed by atoms with Gasteiger partial charge in [0.25, 0.3) is 0 Å². The normalized spacial score (nSPS) is 12.4. The molecule has 0 radical (unpaired) electrons. The smallest absolute Gasteiger partial charge is 0.142 e. The number of hydrogen-bond donors (Lipinski definition) is 1. The van der Waals surface area contributed by atoms with E-state index in [9.17, 15) is 4.39 Å². The number of hydrogen-bond acceptors (Lipinski definition) is 1. The van der Waals surface area contributed by atoms with E-state index in [0.717, 1.165) is 5.56 Å². The van der Waals surface area contributed by atoms with E-state index < -0.39 is 0 Å². The molecule has 1 atom stereocenters. The molecular weight excluding hydrogens is 329 g/mol. The molecule has 1 N–H and O–H groups in total. The fraction of sp³-hybridized carbons (Fsp3) is 0.200. The van der Waals surface area contributed by atoms with E-state index in [2.05, 4.69) is 21.2 Å². The Kier molecular flexibility index (Phi) is 4.97. The lowest BCUT2D eigenvalue weighted by Crippen LogP contribution is -2.20. The van der Waals surface area contributed by atoms with Gasteiger partial charge in [-0.25, -0.2) is 4.39 Å². The summed E-state index contributed by atoms with van der Waals surface area (Å²) in [5, 5.41) is 3.85. The summed E-state index contributed by atoms with van der Waals surface area (Å²) in [7, 11) is 1.83. The summed E-state index contributed by atoms with van der Waals surface area (Å²) in [6.45, 7) is 0. The van der Waals surface area contributed by atoms with Crippen molar-refractivity contribution < 1.29 is 4.39 Å². The van der Waals surface area contributed by atoms with E-state index in [1.165, 1.54) is 0 Å². The van der Waals surface area contributed by atoms with Crippen LogP contribution >= 0.6 is 27.5 Å². The van der Waals surface area contributed by atoms with Crippen molar-refractivity contribution >= 4 is 27.5 Å². The monoisotopic (exact) mass is 341 g/mol. The molecule has 1 unspecified atom stereocenters. The van der Waals surface area contributed by atoms with Crippen LogP contribution in [-0.4, -0.2) is 7.05 Å². The standard InChI is InChI=1S/C15H14BrClFN/c1-19-14(9-10-4-2-5-11(17)8-10)12-6-3-7-13(16)15(12)18/h2-8,14,19H,9H2,1H3. The number of likely N-dealkylation sites (N-methyl/N-ethyl adjacent to an activating group) is 1. The molecule has 0 bridgehead atoms. The van der Waals surface area contributed by atoms with Gasteiger partial charge in [0.1, 0.15) is 5.82 Å². The SMILES string of the molecule is CNC(Cc1cccc(Cl)c1)c1cccc(Br)c1F. The lowest BCUT2D eigenvalue weighted by atomic mass is 9.98. The van der Waals surface area contributed by atoms with Crippen LogP contribution < -0.4 is 5.32 Å². The summed E-state index contributed by atoms with van der Waals surface area (Å²) >= 11 is 9.19. The summed E-state index contributed by atoms with van der Waals surface area (Å²) < 4.78 is 14.6. The van der Waals surface area contributed by atoms with Crippen LogP contribution in [0, 0.1) is 5.82 Å². The maximum atomic E-state index is 14.1. The Bertz CT molecular complexity index is 574. The fourth-order valence-corrected chi connectivity index (χ4v) is 2.65. The molecular formula is C15H14BrClFN. The van der Waals surface area contributed by atoms with Gasteiger partial charge >= 0.3 is 0 Å². The van der Waals surface area contributed by atoms with Gasteiger partial charge in [0.2, 0.25) is 0 Å². The predicted octanol–water partition coefficient (Wildman–Crippen LogP) is 4.74. The average molecular weight is 343 g/mol. The molecule has 4 heteroatoms. The zero-order valence-corrected chi connectivity index (χ0v) is 12.8. The number of benzene rings is 2. The van der Waals surface area contributed by atoms with E-state index >= 15 is 0 Å². The van der Waals surface area contributed by atoms with Crippen LogP contribution in [0.25, 0.3) is 0 Å². The average Bonchev–Trinajstić information content (AvgIpc) is 2.40. The van der Waals surface area contributed by atoms with Gasteiger partial charge in [-0.05, 0) is 53.2 Å². The van der Waals surface area contributed by atoms with Crippen LogP contribution in [0.4, 0.5) is 4.39 Å². The Morgan fingerprint density at radius 3 is 2.68 bits per heavy atom. The number of rotatable bonds is 4. The van der Waals surface area contributed by atoms with E-state index in [-0.39, 0.29) is 11.9 Å². The molecule has 0 amide bonds. The topological polar surface area (TPSA) is 12.0 Å². The summed E-state index contributed by atoms with van der Waals surface area (Å²) in [4.78, 5) is 0. The number of halogens is 3. The third kappa shape index (κ3) is 3.56. The molecule has 2 aromatic rings. The minimum absolute atomic E-state index is 0.0871. The molecule has 1 nitrogen and oxygen atoms in total. The first-order valence-electron chi connectivity index (χ1n) is 5.97. The molecule has 0 saturated carbocycles. The third-order valence-corrected chi connectivity index (χ3v) is 3.88. The predicted molar refractivity (Wildman–Crippen MR) is 81.1 cm³/mol. The van der Waals surface area contributed by atoms with Crippen molar-refractivity contribution in [2.75, 3.05) is 7.05 Å². The third-order valence-electron chi connectivity index (χ3n) is 3.03. The lowest BCUT2D eigenvalue weighted by Gasteiger charge is -2.18. The van der Waals surface area contributed by atoms with Crippen molar-refractivity contribution in [1.82, 2.24) is 5.32 Å². The van der Waals surface area contributed by atoms with E-state index in [1.54, 1.807) is 12.1 Å². The molecule has 2 aromatic carbocycles. The van der Waals surface area contributed by atoms with Gasteiger partial charge < -0.3 is 5.32 Å². The number of nitrogens with one attached hydrogen (secondary N) is 1. The van der Waals surface area contributed by atoms with Crippen molar-refractivity contribution in [3.8, 4) is 0 Å². The molecule has 0 aromatic heterocycles. The van der Waals surface area contributed by atoms with Crippen LogP contribution in [0.1, 0.15) is 17.2 Å². The summed E-state index contributed by atoms with van der Waals surface area (Å²) in [5.41, 5.74) is 1.73. The van der Waals surface area contributed by atoms with Gasteiger partial charge in [-0.15, -0.1) is 0 Å². The Balaban J connectivity index is 2.28. The zero-order valence-electron chi connectivity index (χ0n) is 10.5. The molecule has 0 aliphatic heterocycles. The molecule has 100 valence electrons. The molecule has 0 spiro atoms. The van der Waals surface area contributed by atoms with Crippen LogP contribution in [0.15, 0.2) is 46.9 Å². The minimum atomic E-state index is -0.219. The minimum Gasteiger partial charge on any atom is -0.313 e. The van der Waals surface area contributed by atoms with Gasteiger partial charge in [0.15, 0.2) is 0 Å². The highest BCUT2D eigenvalue weighted by atomic mass is 79.9. The maximum absolute atomic E-state index is 14.1. The second-order valence-electron chi connectivity index (χ2n) is 4.32. The highest BCUT2D eigenvalue weighted by Gasteiger charge is 2.16. The molecule has 2 rings (SSSR count). The quantitative estimate of drug-likeness (QED) is 0.846. The first-order valence-corrected chi connectivity index (χ1v) is 7.14. The van der Waals surface area contributed by atoms with Gasteiger partial charge in [0.05, 0.1) is 4.47 Å². The largest absolute Gasteiger partial charge is 0.313 e. The molecule has 0 heterocycles.